The third-order valence-electron chi connectivity index (χ3n) is 4.19. The van der Waals surface area contributed by atoms with E-state index in [0.717, 1.165) is 16.1 Å². The molecule has 154 valence electrons. The minimum Gasteiger partial charge on any atom is -0.351 e. The second-order valence-electron chi connectivity index (χ2n) is 6.18. The number of nitro groups is 1. The summed E-state index contributed by atoms with van der Waals surface area (Å²) in [5.41, 5.74) is 4.04. The van der Waals surface area contributed by atoms with Crippen molar-refractivity contribution in [2.24, 2.45) is 0 Å². The molecule has 2 heterocycles. The highest BCUT2D eigenvalue weighted by Crippen LogP contribution is 2.30. The van der Waals surface area contributed by atoms with E-state index in [9.17, 15) is 10.1 Å². The van der Waals surface area contributed by atoms with Gasteiger partial charge in [0.15, 0.2) is 6.29 Å². The number of thiazole rings is 1. The minimum atomic E-state index is -0.453. The fourth-order valence-corrected chi connectivity index (χ4v) is 3.36. The summed E-state index contributed by atoms with van der Waals surface area (Å²) in [4.78, 5) is 15.8. The van der Waals surface area contributed by atoms with Gasteiger partial charge in [0.2, 0.25) is 0 Å². The van der Waals surface area contributed by atoms with Crippen LogP contribution in [0.25, 0.3) is 10.6 Å². The number of nitrogens with one attached hydrogen (secondary N) is 1. The van der Waals surface area contributed by atoms with Crippen molar-refractivity contribution in [3.05, 3.63) is 51.7 Å². The summed E-state index contributed by atoms with van der Waals surface area (Å²) in [6.07, 6.45) is 1.30. The molecule has 0 spiro atoms. The van der Waals surface area contributed by atoms with Crippen molar-refractivity contribution < 1.29 is 14.4 Å². The minimum absolute atomic E-state index is 0.0216. The molecule has 0 saturated heterocycles. The molecule has 3 rings (SSSR count). The van der Waals surface area contributed by atoms with Crippen LogP contribution < -0.4 is 5.32 Å². The van der Waals surface area contributed by atoms with E-state index in [1.807, 2.05) is 26.8 Å². The van der Waals surface area contributed by atoms with E-state index in [2.05, 4.69) is 15.4 Å². The van der Waals surface area contributed by atoms with Crippen molar-refractivity contribution in [2.45, 2.75) is 33.6 Å². The Bertz CT molecular complexity index is 952. The maximum atomic E-state index is 11.2. The van der Waals surface area contributed by atoms with Crippen molar-refractivity contribution in [1.82, 2.24) is 14.8 Å². The molecule has 0 radical (unpaired) electrons. The van der Waals surface area contributed by atoms with Crippen LogP contribution in [0.1, 0.15) is 19.4 Å². The summed E-state index contributed by atoms with van der Waals surface area (Å²) < 4.78 is 13.1. The number of nitrogens with zero attached hydrogens (tertiary/aromatic N) is 4. The van der Waals surface area contributed by atoms with E-state index in [1.54, 1.807) is 22.5 Å². The average molecular weight is 417 g/mol. The van der Waals surface area contributed by atoms with E-state index < -0.39 is 11.2 Å². The molecule has 2 aromatic heterocycles. The van der Waals surface area contributed by atoms with Gasteiger partial charge in [-0.05, 0) is 26.3 Å². The summed E-state index contributed by atoms with van der Waals surface area (Å²) in [6.45, 7) is 7.10. The van der Waals surface area contributed by atoms with Gasteiger partial charge in [-0.1, -0.05) is 6.07 Å². The predicted octanol–water partition coefficient (Wildman–Crippen LogP) is 4.37. The van der Waals surface area contributed by atoms with E-state index in [4.69, 9.17) is 9.47 Å². The van der Waals surface area contributed by atoms with Crippen LogP contribution in [0.5, 0.6) is 0 Å². The lowest BCUT2D eigenvalue weighted by atomic mass is 10.2. The number of benzene rings is 1. The van der Waals surface area contributed by atoms with Crippen LogP contribution in [0.4, 0.5) is 17.2 Å². The molecule has 0 saturated carbocycles. The van der Waals surface area contributed by atoms with Crippen molar-refractivity contribution >= 4 is 28.5 Å². The molecule has 9 nitrogen and oxygen atoms in total. The van der Waals surface area contributed by atoms with Gasteiger partial charge in [0.05, 0.1) is 21.9 Å². The van der Waals surface area contributed by atoms with Gasteiger partial charge in [-0.3, -0.25) is 15.1 Å². The molecule has 0 fully saturated rings. The molecule has 1 aromatic carbocycles. The van der Waals surface area contributed by atoms with Gasteiger partial charge in [0, 0.05) is 43.3 Å². The topological polar surface area (TPSA) is 104 Å². The predicted molar refractivity (Wildman–Crippen MR) is 111 cm³/mol. The fraction of sp³-hybridized carbons (Fsp3) is 0.368. The monoisotopic (exact) mass is 417 g/mol. The highest BCUT2D eigenvalue weighted by Gasteiger charge is 2.18. The Hall–Kier alpha value is -2.82. The zero-order valence-corrected chi connectivity index (χ0v) is 17.3. The highest BCUT2D eigenvalue weighted by atomic mass is 32.1. The fourth-order valence-electron chi connectivity index (χ4n) is 2.78. The zero-order chi connectivity index (χ0) is 20.8. The van der Waals surface area contributed by atoms with Gasteiger partial charge >= 0.3 is 0 Å². The maximum Gasteiger partial charge on any atom is 0.271 e. The Labute approximate surface area is 172 Å². The number of rotatable bonds is 10. The molecule has 0 aliphatic heterocycles. The SMILES string of the molecule is CCOC(Cn1nc(-c2cncs2)cc1Nc1cc([N+](=O)[O-])ccc1C)OCC. The summed E-state index contributed by atoms with van der Waals surface area (Å²) in [5, 5.41) is 19.1. The second-order valence-corrected chi connectivity index (χ2v) is 7.07. The standard InChI is InChI=1S/C19H23N5O4S/c1-4-27-19(28-5-2)11-23-18(9-16(22-23)17-10-20-12-29-17)21-15-8-14(24(25)26)7-6-13(15)3/h6-10,12,19,21H,4-5,11H2,1-3H3. The van der Waals surface area contributed by atoms with Gasteiger partial charge in [-0.25, -0.2) is 4.68 Å². The number of hydrogen-bond donors (Lipinski definition) is 1. The van der Waals surface area contributed by atoms with Crippen molar-refractivity contribution in [3.8, 4) is 10.6 Å². The molecular weight excluding hydrogens is 394 g/mol. The largest absolute Gasteiger partial charge is 0.351 e. The Balaban J connectivity index is 1.96. The number of ether oxygens (including phenoxy) is 2. The van der Waals surface area contributed by atoms with E-state index >= 15 is 0 Å². The first-order chi connectivity index (χ1) is 14.0. The molecule has 0 aliphatic rings. The molecular formula is C19H23N5O4S. The van der Waals surface area contributed by atoms with Crippen molar-refractivity contribution in [1.29, 1.82) is 0 Å². The smallest absolute Gasteiger partial charge is 0.271 e. The van der Waals surface area contributed by atoms with Crippen LogP contribution in [-0.4, -0.2) is 39.2 Å². The first kappa shape index (κ1) is 20.9. The Kier molecular flexibility index (Phi) is 6.91. The van der Waals surface area contributed by atoms with Crippen LogP contribution in [0, 0.1) is 17.0 Å². The van der Waals surface area contributed by atoms with Crippen LogP contribution in [0.3, 0.4) is 0 Å². The second kappa shape index (κ2) is 9.59. The van der Waals surface area contributed by atoms with Crippen molar-refractivity contribution in [3.63, 3.8) is 0 Å². The molecule has 10 heteroatoms. The van der Waals surface area contributed by atoms with E-state index in [0.29, 0.717) is 31.3 Å². The third kappa shape index (κ3) is 5.17. The number of aryl methyl sites for hydroxylation is 1. The van der Waals surface area contributed by atoms with Crippen LogP contribution >= 0.6 is 11.3 Å². The maximum absolute atomic E-state index is 11.2. The number of anilines is 2. The average Bonchev–Trinajstić information content (AvgIpc) is 3.34. The Morgan fingerprint density at radius 2 is 2.03 bits per heavy atom. The van der Waals surface area contributed by atoms with Gasteiger partial charge in [0.25, 0.3) is 5.69 Å². The third-order valence-corrected chi connectivity index (χ3v) is 4.98. The van der Waals surface area contributed by atoms with Crippen LogP contribution in [-0.2, 0) is 16.0 Å². The molecule has 3 aromatic rings. The number of aromatic nitrogens is 3. The Morgan fingerprint density at radius 3 is 2.66 bits per heavy atom. The lowest BCUT2D eigenvalue weighted by Crippen LogP contribution is -2.25. The lowest BCUT2D eigenvalue weighted by Gasteiger charge is -2.19. The highest BCUT2D eigenvalue weighted by molar-refractivity contribution is 7.13. The van der Waals surface area contributed by atoms with Crippen molar-refractivity contribution in [2.75, 3.05) is 18.5 Å². The first-order valence-corrected chi connectivity index (χ1v) is 10.1. The number of non-ortho nitro benzene ring substituents is 1. The van der Waals surface area contributed by atoms with Gasteiger partial charge < -0.3 is 14.8 Å². The van der Waals surface area contributed by atoms with Gasteiger partial charge in [0.1, 0.15) is 11.5 Å². The summed E-state index contributed by atoms with van der Waals surface area (Å²) in [7, 11) is 0. The van der Waals surface area contributed by atoms with E-state index in [-0.39, 0.29) is 5.69 Å². The summed E-state index contributed by atoms with van der Waals surface area (Å²) >= 11 is 1.49. The molecule has 1 N–H and O–H groups in total. The summed E-state index contributed by atoms with van der Waals surface area (Å²) in [6, 6.07) is 6.61. The molecule has 0 amide bonds. The van der Waals surface area contributed by atoms with E-state index in [1.165, 1.54) is 23.5 Å². The normalized spacial score (nSPS) is 11.2. The quantitative estimate of drug-likeness (QED) is 0.297. The molecule has 29 heavy (non-hydrogen) atoms. The van der Waals surface area contributed by atoms with Gasteiger partial charge in [-0.2, -0.15) is 5.10 Å². The Morgan fingerprint density at radius 1 is 1.28 bits per heavy atom. The lowest BCUT2D eigenvalue weighted by molar-refractivity contribution is -0.384. The first-order valence-electron chi connectivity index (χ1n) is 9.23. The van der Waals surface area contributed by atoms with Crippen LogP contribution in [0.2, 0.25) is 0 Å². The zero-order valence-electron chi connectivity index (χ0n) is 16.5. The number of hydrogen-bond acceptors (Lipinski definition) is 8. The molecule has 0 atom stereocenters. The number of nitro benzene ring substituents is 1. The van der Waals surface area contributed by atoms with Gasteiger partial charge in [-0.15, -0.1) is 11.3 Å². The summed E-state index contributed by atoms with van der Waals surface area (Å²) in [5.74, 6) is 0.682. The molecule has 0 bridgehead atoms. The molecule has 0 aliphatic carbocycles. The van der Waals surface area contributed by atoms with Crippen LogP contribution in [0.15, 0.2) is 36.0 Å². The molecule has 0 unspecified atom stereocenters.